The van der Waals surface area contributed by atoms with E-state index in [2.05, 4.69) is 57.1 Å². The smallest absolute Gasteiger partial charge is 0.122 e. The summed E-state index contributed by atoms with van der Waals surface area (Å²) in [4.78, 5) is 2.44. The summed E-state index contributed by atoms with van der Waals surface area (Å²) in [5.41, 5.74) is 1.28. The Morgan fingerprint density at radius 3 is 2.43 bits per heavy atom. The van der Waals surface area contributed by atoms with E-state index in [0.717, 1.165) is 25.3 Å². The van der Waals surface area contributed by atoms with Crippen LogP contribution in [0.15, 0.2) is 24.3 Å². The first-order valence-corrected chi connectivity index (χ1v) is 8.05. The quantitative estimate of drug-likeness (QED) is 0.756. The normalized spacial score (nSPS) is 14.5. The molecule has 1 aromatic carbocycles. The summed E-state index contributed by atoms with van der Waals surface area (Å²) in [5, 5.41) is 3.59. The Bertz CT molecular complexity index is 406. The van der Waals surface area contributed by atoms with Gasteiger partial charge in [0.15, 0.2) is 0 Å². The number of hydrogen-bond acceptors (Lipinski definition) is 3. The number of para-hydroxylation sites is 1. The molecule has 21 heavy (non-hydrogen) atoms. The number of nitrogens with zero attached hydrogens (tertiary/aromatic N) is 1. The van der Waals surface area contributed by atoms with Crippen LogP contribution in [0, 0.1) is 5.92 Å². The van der Waals surface area contributed by atoms with E-state index < -0.39 is 0 Å². The highest BCUT2D eigenvalue weighted by atomic mass is 16.5. The van der Waals surface area contributed by atoms with Crippen molar-refractivity contribution in [2.24, 2.45) is 5.92 Å². The van der Waals surface area contributed by atoms with Gasteiger partial charge >= 0.3 is 0 Å². The van der Waals surface area contributed by atoms with Crippen LogP contribution in [0.25, 0.3) is 0 Å². The first kappa shape index (κ1) is 18.0. The lowest BCUT2D eigenvalue weighted by Crippen LogP contribution is -2.46. The Balaban J connectivity index is 2.63. The average Bonchev–Trinajstić information content (AvgIpc) is 2.47. The molecule has 0 amide bonds. The molecule has 0 aliphatic carbocycles. The first-order chi connectivity index (χ1) is 9.99. The van der Waals surface area contributed by atoms with Crippen LogP contribution >= 0.6 is 0 Å². The molecule has 0 saturated carbocycles. The molecular formula is C18H32N2O. The minimum atomic E-state index is 0.487. The highest BCUT2D eigenvalue weighted by Crippen LogP contribution is 2.20. The molecular weight excluding hydrogens is 260 g/mol. The van der Waals surface area contributed by atoms with Crippen LogP contribution in [-0.2, 0) is 6.42 Å². The van der Waals surface area contributed by atoms with Gasteiger partial charge in [0.1, 0.15) is 5.75 Å². The van der Waals surface area contributed by atoms with Crippen molar-refractivity contribution in [3.8, 4) is 5.75 Å². The molecule has 0 aliphatic rings. The van der Waals surface area contributed by atoms with Gasteiger partial charge in [-0.2, -0.15) is 0 Å². The third kappa shape index (κ3) is 5.68. The van der Waals surface area contributed by atoms with E-state index in [1.54, 1.807) is 7.11 Å². The molecule has 1 rings (SSSR count). The SMILES string of the molecule is CCNC(CN(C)C(C)Cc1ccccc1OC)C(C)C. The molecule has 0 bridgehead atoms. The van der Waals surface area contributed by atoms with Crippen LogP contribution in [0.2, 0.25) is 0 Å². The summed E-state index contributed by atoms with van der Waals surface area (Å²) >= 11 is 0. The molecule has 0 radical (unpaired) electrons. The van der Waals surface area contributed by atoms with Gasteiger partial charge in [-0.25, -0.2) is 0 Å². The Morgan fingerprint density at radius 1 is 1.19 bits per heavy atom. The molecule has 120 valence electrons. The first-order valence-electron chi connectivity index (χ1n) is 8.05. The molecule has 2 atom stereocenters. The van der Waals surface area contributed by atoms with Crippen molar-refractivity contribution >= 4 is 0 Å². The standard InChI is InChI=1S/C18H32N2O/c1-7-19-17(14(2)3)13-20(5)15(4)12-16-10-8-9-11-18(16)21-6/h8-11,14-15,17,19H,7,12-13H2,1-6H3. The molecule has 2 unspecified atom stereocenters. The van der Waals surface area contributed by atoms with Gasteiger partial charge in [-0.05, 0) is 44.5 Å². The van der Waals surface area contributed by atoms with Crippen molar-refractivity contribution in [2.75, 3.05) is 27.2 Å². The fourth-order valence-electron chi connectivity index (χ4n) is 2.61. The number of nitrogens with one attached hydrogen (secondary N) is 1. The van der Waals surface area contributed by atoms with E-state index in [-0.39, 0.29) is 0 Å². The van der Waals surface area contributed by atoms with Gasteiger partial charge in [-0.3, -0.25) is 0 Å². The Morgan fingerprint density at radius 2 is 1.86 bits per heavy atom. The van der Waals surface area contributed by atoms with Crippen molar-refractivity contribution in [3.05, 3.63) is 29.8 Å². The Labute approximate surface area is 130 Å². The number of hydrogen-bond donors (Lipinski definition) is 1. The van der Waals surface area contributed by atoms with Gasteiger partial charge in [-0.15, -0.1) is 0 Å². The van der Waals surface area contributed by atoms with Crippen molar-refractivity contribution in [3.63, 3.8) is 0 Å². The van der Waals surface area contributed by atoms with Crippen molar-refractivity contribution < 1.29 is 4.74 Å². The second-order valence-electron chi connectivity index (χ2n) is 6.21. The lowest BCUT2D eigenvalue weighted by atomic mass is 10.0. The lowest BCUT2D eigenvalue weighted by Gasteiger charge is -2.31. The fraction of sp³-hybridized carbons (Fsp3) is 0.667. The van der Waals surface area contributed by atoms with Crippen LogP contribution in [0.3, 0.4) is 0 Å². The predicted octanol–water partition coefficient (Wildman–Crippen LogP) is 3.19. The summed E-state index contributed by atoms with van der Waals surface area (Å²) in [6.07, 6.45) is 1.01. The van der Waals surface area contributed by atoms with E-state index in [1.165, 1.54) is 5.56 Å². The summed E-state index contributed by atoms with van der Waals surface area (Å²) in [5.74, 6) is 1.63. The van der Waals surface area contributed by atoms with Crippen LogP contribution in [0.5, 0.6) is 5.75 Å². The van der Waals surface area contributed by atoms with Crippen LogP contribution in [0.1, 0.15) is 33.3 Å². The number of benzene rings is 1. The molecule has 1 N–H and O–H groups in total. The second kappa shape index (κ2) is 9.06. The van der Waals surface area contributed by atoms with E-state index in [9.17, 15) is 0 Å². The minimum Gasteiger partial charge on any atom is -0.496 e. The van der Waals surface area contributed by atoms with Crippen LogP contribution in [-0.4, -0.2) is 44.2 Å². The number of likely N-dealkylation sites (N-methyl/N-ethyl adjacent to an activating group) is 2. The van der Waals surface area contributed by atoms with Gasteiger partial charge in [0.25, 0.3) is 0 Å². The maximum atomic E-state index is 5.45. The molecule has 0 heterocycles. The zero-order valence-corrected chi connectivity index (χ0v) is 14.5. The van der Waals surface area contributed by atoms with E-state index >= 15 is 0 Å². The maximum absolute atomic E-state index is 5.45. The molecule has 1 aromatic rings. The third-order valence-electron chi connectivity index (χ3n) is 4.22. The molecule has 3 nitrogen and oxygen atoms in total. The van der Waals surface area contributed by atoms with Gasteiger partial charge in [0.05, 0.1) is 7.11 Å². The minimum absolute atomic E-state index is 0.487. The third-order valence-corrected chi connectivity index (χ3v) is 4.22. The van der Waals surface area contributed by atoms with E-state index in [1.807, 2.05) is 12.1 Å². The Hall–Kier alpha value is -1.06. The van der Waals surface area contributed by atoms with Crippen molar-refractivity contribution in [1.82, 2.24) is 10.2 Å². The van der Waals surface area contributed by atoms with E-state index in [0.29, 0.717) is 18.0 Å². The molecule has 0 aliphatic heterocycles. The summed E-state index contributed by atoms with van der Waals surface area (Å²) in [6.45, 7) is 11.1. The highest BCUT2D eigenvalue weighted by molar-refractivity contribution is 5.33. The van der Waals surface area contributed by atoms with E-state index in [4.69, 9.17) is 4.74 Å². The second-order valence-corrected chi connectivity index (χ2v) is 6.21. The topological polar surface area (TPSA) is 24.5 Å². The van der Waals surface area contributed by atoms with Gasteiger partial charge in [-0.1, -0.05) is 39.0 Å². The van der Waals surface area contributed by atoms with Crippen molar-refractivity contribution in [1.29, 1.82) is 0 Å². The Kier molecular flexibility index (Phi) is 7.76. The van der Waals surface area contributed by atoms with Crippen molar-refractivity contribution in [2.45, 2.75) is 46.2 Å². The fourth-order valence-corrected chi connectivity index (χ4v) is 2.61. The van der Waals surface area contributed by atoms with Gasteiger partial charge < -0.3 is 15.0 Å². The number of ether oxygens (including phenoxy) is 1. The van der Waals surface area contributed by atoms with Crippen LogP contribution in [0.4, 0.5) is 0 Å². The largest absolute Gasteiger partial charge is 0.496 e. The summed E-state index contributed by atoms with van der Waals surface area (Å²) in [6, 6.07) is 9.34. The maximum Gasteiger partial charge on any atom is 0.122 e. The zero-order chi connectivity index (χ0) is 15.8. The number of methoxy groups -OCH3 is 1. The predicted molar refractivity (Wildman–Crippen MR) is 91.1 cm³/mol. The van der Waals surface area contributed by atoms with Gasteiger partial charge in [0.2, 0.25) is 0 Å². The molecule has 0 saturated heterocycles. The van der Waals surface area contributed by atoms with Gasteiger partial charge in [0, 0.05) is 18.6 Å². The van der Waals surface area contributed by atoms with Crippen LogP contribution < -0.4 is 10.1 Å². The molecule has 3 heteroatoms. The molecule has 0 aromatic heterocycles. The molecule has 0 spiro atoms. The number of rotatable bonds is 9. The zero-order valence-electron chi connectivity index (χ0n) is 14.5. The summed E-state index contributed by atoms with van der Waals surface area (Å²) in [7, 11) is 3.96. The molecule has 0 fully saturated rings. The highest BCUT2D eigenvalue weighted by Gasteiger charge is 2.18. The monoisotopic (exact) mass is 292 g/mol. The average molecular weight is 292 g/mol. The lowest BCUT2D eigenvalue weighted by molar-refractivity contribution is 0.206. The summed E-state index contributed by atoms with van der Waals surface area (Å²) < 4.78 is 5.45.